The van der Waals surface area contributed by atoms with Gasteiger partial charge in [0.25, 0.3) is 5.91 Å². The van der Waals surface area contributed by atoms with Gasteiger partial charge in [-0.3, -0.25) is 14.5 Å². The maximum absolute atomic E-state index is 12.3. The number of carbonyl (C=O) groups is 2. The van der Waals surface area contributed by atoms with Gasteiger partial charge in [0.05, 0.1) is 23.0 Å². The number of pyridine rings is 1. The summed E-state index contributed by atoms with van der Waals surface area (Å²) in [6.07, 6.45) is 3.39. The molecule has 9 heteroatoms. The Balaban J connectivity index is 1.58. The molecule has 1 atom stereocenters. The Morgan fingerprint density at radius 2 is 2.15 bits per heavy atom. The van der Waals surface area contributed by atoms with Crippen LogP contribution in [0, 0.1) is 5.92 Å². The molecule has 2 aliphatic rings. The number of nitrogen functional groups attached to an aromatic ring is 1. The van der Waals surface area contributed by atoms with Crippen LogP contribution in [0.2, 0.25) is 0 Å². The third kappa shape index (κ3) is 3.89. The third-order valence-electron chi connectivity index (χ3n) is 6.46. The summed E-state index contributed by atoms with van der Waals surface area (Å²) in [5.41, 5.74) is 10.8. The second-order valence-electron chi connectivity index (χ2n) is 8.62. The summed E-state index contributed by atoms with van der Waals surface area (Å²) in [6.45, 7) is 4.41. The first-order valence-corrected chi connectivity index (χ1v) is 11.2. The lowest BCUT2D eigenvalue weighted by molar-refractivity contribution is -0.143. The van der Waals surface area contributed by atoms with Gasteiger partial charge in [0.15, 0.2) is 6.61 Å². The lowest BCUT2D eigenvalue weighted by Crippen LogP contribution is -2.38. The summed E-state index contributed by atoms with van der Waals surface area (Å²) in [5.74, 6) is -0.508. The number of piperidine rings is 1. The number of aromatic nitrogens is 2. The molecule has 2 aromatic heterocycles. The molecule has 5 rings (SSSR count). The Labute approximate surface area is 191 Å². The topological polar surface area (TPSA) is 113 Å². The van der Waals surface area contributed by atoms with E-state index in [0.29, 0.717) is 37.5 Å². The van der Waals surface area contributed by atoms with E-state index in [1.807, 2.05) is 47.9 Å². The molecular formula is C24H27N5O4. The molecule has 0 aliphatic carbocycles. The van der Waals surface area contributed by atoms with Crippen LogP contribution in [-0.2, 0) is 16.1 Å². The summed E-state index contributed by atoms with van der Waals surface area (Å²) in [4.78, 5) is 32.7. The number of imidazole rings is 1. The van der Waals surface area contributed by atoms with Gasteiger partial charge in [0.2, 0.25) is 0 Å². The number of benzene rings is 1. The number of aliphatic carboxylic acids is 1. The Bertz CT molecular complexity index is 1240. The fraction of sp³-hybridized carbons (Fsp3) is 0.375. The molecule has 1 amide bonds. The molecule has 2 aliphatic heterocycles. The Morgan fingerprint density at radius 3 is 2.94 bits per heavy atom. The number of fused-ring (bicyclic) bond motifs is 2. The van der Waals surface area contributed by atoms with Crippen LogP contribution < -0.4 is 15.4 Å². The van der Waals surface area contributed by atoms with Gasteiger partial charge in [-0.2, -0.15) is 0 Å². The molecule has 9 nitrogen and oxygen atoms in total. The highest BCUT2D eigenvalue weighted by atomic mass is 16.5. The van der Waals surface area contributed by atoms with Crippen LogP contribution in [0.4, 0.5) is 11.4 Å². The maximum Gasteiger partial charge on any atom is 0.307 e. The molecule has 0 bridgehead atoms. The number of carbonyl (C=O) groups excluding carboxylic acids is 1. The number of ether oxygens (including phenoxy) is 1. The molecule has 0 radical (unpaired) electrons. The number of nitrogens with two attached hydrogens (primary N) is 1. The highest BCUT2D eigenvalue weighted by Crippen LogP contribution is 2.37. The van der Waals surface area contributed by atoms with Crippen LogP contribution in [0.1, 0.15) is 25.5 Å². The van der Waals surface area contributed by atoms with E-state index in [0.717, 1.165) is 41.3 Å². The Hall–Kier alpha value is -3.59. The fourth-order valence-corrected chi connectivity index (χ4v) is 4.80. The van der Waals surface area contributed by atoms with Crippen molar-refractivity contribution in [1.29, 1.82) is 0 Å². The van der Waals surface area contributed by atoms with E-state index in [4.69, 9.17) is 15.5 Å². The first-order valence-electron chi connectivity index (χ1n) is 11.2. The number of carboxylic acid groups (broad SMARTS) is 1. The highest BCUT2D eigenvalue weighted by molar-refractivity contribution is 5.98. The van der Waals surface area contributed by atoms with Crippen molar-refractivity contribution in [3.63, 3.8) is 0 Å². The van der Waals surface area contributed by atoms with Crippen LogP contribution >= 0.6 is 0 Å². The molecule has 3 N–H and O–H groups in total. The van der Waals surface area contributed by atoms with Crippen molar-refractivity contribution < 1.29 is 19.4 Å². The smallest absolute Gasteiger partial charge is 0.307 e. The molecule has 3 aromatic rings. The average molecular weight is 450 g/mol. The minimum absolute atomic E-state index is 0.0405. The van der Waals surface area contributed by atoms with Crippen LogP contribution in [0.3, 0.4) is 0 Å². The summed E-state index contributed by atoms with van der Waals surface area (Å²) in [7, 11) is 0. The fourth-order valence-electron chi connectivity index (χ4n) is 4.80. The van der Waals surface area contributed by atoms with Crippen molar-refractivity contribution in [2.75, 3.05) is 36.9 Å². The van der Waals surface area contributed by atoms with Crippen LogP contribution in [-0.4, -0.2) is 57.5 Å². The molecule has 1 unspecified atom stereocenters. The second kappa shape index (κ2) is 8.40. The van der Waals surface area contributed by atoms with E-state index in [1.54, 1.807) is 4.90 Å². The number of likely N-dealkylation sites (tertiary alicyclic amines) is 1. The minimum Gasteiger partial charge on any atom is -0.482 e. The van der Waals surface area contributed by atoms with E-state index in [2.05, 4.69) is 4.90 Å². The van der Waals surface area contributed by atoms with Gasteiger partial charge >= 0.3 is 5.97 Å². The van der Waals surface area contributed by atoms with E-state index in [-0.39, 0.29) is 18.4 Å². The molecule has 1 saturated heterocycles. The van der Waals surface area contributed by atoms with Gasteiger partial charge in [0.1, 0.15) is 11.4 Å². The Morgan fingerprint density at radius 1 is 1.30 bits per heavy atom. The lowest BCUT2D eigenvalue weighted by atomic mass is 9.98. The second-order valence-corrected chi connectivity index (χ2v) is 8.62. The van der Waals surface area contributed by atoms with Gasteiger partial charge in [-0.1, -0.05) is 0 Å². The molecule has 172 valence electrons. The number of hydrogen-bond acceptors (Lipinski definition) is 6. The zero-order valence-electron chi connectivity index (χ0n) is 18.5. The number of amides is 1. The van der Waals surface area contributed by atoms with Gasteiger partial charge in [-0.05, 0) is 56.6 Å². The van der Waals surface area contributed by atoms with Gasteiger partial charge < -0.3 is 24.9 Å². The van der Waals surface area contributed by atoms with Gasteiger partial charge in [0, 0.05) is 37.1 Å². The number of nitrogens with zero attached hydrogens (tertiary/aromatic N) is 4. The van der Waals surface area contributed by atoms with Crippen LogP contribution in [0.5, 0.6) is 5.75 Å². The first-order chi connectivity index (χ1) is 15.9. The summed E-state index contributed by atoms with van der Waals surface area (Å²) in [6, 6.07) is 9.47. The standard InChI is InChI=1S/C24H27N5O4/c1-2-28-18-10-15(5-7-20(18)33-14-22(28)30)23-19(29-12-17(25)6-8-21(29)26-23)13-27-9-3-4-16(11-27)24(31)32/h5-8,10,12,16H,2-4,9,11,13-14,25H2,1H3,(H,31,32). The normalized spacial score (nSPS) is 18.9. The number of anilines is 2. The van der Waals surface area contributed by atoms with Crippen molar-refractivity contribution >= 4 is 28.9 Å². The third-order valence-corrected chi connectivity index (χ3v) is 6.46. The van der Waals surface area contributed by atoms with E-state index in [1.165, 1.54) is 0 Å². The van der Waals surface area contributed by atoms with E-state index >= 15 is 0 Å². The van der Waals surface area contributed by atoms with E-state index < -0.39 is 5.97 Å². The lowest BCUT2D eigenvalue weighted by Gasteiger charge is -2.31. The molecule has 33 heavy (non-hydrogen) atoms. The van der Waals surface area contributed by atoms with Crippen molar-refractivity contribution in [2.24, 2.45) is 5.92 Å². The van der Waals surface area contributed by atoms with Crippen LogP contribution in [0.25, 0.3) is 16.9 Å². The van der Waals surface area contributed by atoms with Gasteiger partial charge in [-0.15, -0.1) is 0 Å². The molecule has 4 heterocycles. The zero-order valence-corrected chi connectivity index (χ0v) is 18.5. The SMILES string of the molecule is CCN1C(=O)COc2ccc(-c3nc4ccc(N)cn4c3CN3CCCC(C(=O)O)C3)cc21. The van der Waals surface area contributed by atoms with Crippen LogP contribution in [0.15, 0.2) is 36.5 Å². The van der Waals surface area contributed by atoms with Crippen molar-refractivity contribution in [2.45, 2.75) is 26.3 Å². The molecule has 1 aromatic carbocycles. The average Bonchev–Trinajstić information content (AvgIpc) is 3.16. The summed E-state index contributed by atoms with van der Waals surface area (Å²) in [5, 5.41) is 9.50. The van der Waals surface area contributed by atoms with Crippen molar-refractivity contribution in [3.8, 4) is 17.0 Å². The Kier molecular flexibility index (Phi) is 5.41. The highest BCUT2D eigenvalue weighted by Gasteiger charge is 2.28. The molecule has 1 fully saturated rings. The maximum atomic E-state index is 12.3. The first kappa shape index (κ1) is 21.3. The molecular weight excluding hydrogens is 422 g/mol. The zero-order chi connectivity index (χ0) is 23.1. The summed E-state index contributed by atoms with van der Waals surface area (Å²) >= 11 is 0. The number of carboxylic acids is 1. The quantitative estimate of drug-likeness (QED) is 0.616. The molecule has 0 spiro atoms. The minimum atomic E-state index is -0.749. The predicted octanol–water partition coefficient (Wildman–Crippen LogP) is 2.63. The molecule has 0 saturated carbocycles. The predicted molar refractivity (Wildman–Crippen MR) is 124 cm³/mol. The number of hydrogen-bond donors (Lipinski definition) is 2. The van der Waals surface area contributed by atoms with Crippen molar-refractivity contribution in [3.05, 3.63) is 42.2 Å². The van der Waals surface area contributed by atoms with Gasteiger partial charge in [-0.25, -0.2) is 4.98 Å². The summed E-state index contributed by atoms with van der Waals surface area (Å²) < 4.78 is 7.60. The number of likely N-dealkylation sites (N-methyl/N-ethyl adjacent to an activating group) is 1. The number of rotatable bonds is 5. The largest absolute Gasteiger partial charge is 0.482 e. The van der Waals surface area contributed by atoms with E-state index in [9.17, 15) is 14.7 Å². The monoisotopic (exact) mass is 449 g/mol. The van der Waals surface area contributed by atoms with Crippen molar-refractivity contribution in [1.82, 2.24) is 14.3 Å².